The number of amides is 1. The zero-order valence-corrected chi connectivity index (χ0v) is 24.5. The number of unbranched alkanes of at least 4 members (excludes halogenated alkanes) is 2. The fourth-order valence-electron chi connectivity index (χ4n) is 5.07. The van der Waals surface area contributed by atoms with Gasteiger partial charge in [0.25, 0.3) is 5.91 Å². The number of carbonyl (C=O) groups is 2. The first-order valence-electron chi connectivity index (χ1n) is 13.6. The number of para-hydroxylation sites is 1. The Morgan fingerprint density at radius 3 is 2.69 bits per heavy atom. The Morgan fingerprint density at radius 1 is 1.12 bits per heavy atom. The molecule has 0 aliphatic carbocycles. The predicted molar refractivity (Wildman–Crippen MR) is 163 cm³/mol. The van der Waals surface area contributed by atoms with Crippen LogP contribution < -0.4 is 14.4 Å². The minimum absolute atomic E-state index is 0.0253. The van der Waals surface area contributed by atoms with Gasteiger partial charge in [-0.25, -0.2) is 4.98 Å². The number of benzene rings is 3. The van der Waals surface area contributed by atoms with Crippen LogP contribution in [0.25, 0.3) is 21.2 Å². The van der Waals surface area contributed by atoms with Gasteiger partial charge in [0.1, 0.15) is 5.75 Å². The normalized spacial score (nSPS) is 15.3. The molecule has 3 aromatic carbocycles. The lowest BCUT2D eigenvalue weighted by Gasteiger charge is -2.24. The van der Waals surface area contributed by atoms with Crippen LogP contribution in [-0.2, 0) is 4.79 Å². The van der Waals surface area contributed by atoms with Crippen molar-refractivity contribution in [2.75, 3.05) is 18.6 Å². The Morgan fingerprint density at radius 2 is 1.93 bits per heavy atom. The van der Waals surface area contributed by atoms with Gasteiger partial charge in [0, 0.05) is 10.4 Å². The van der Waals surface area contributed by atoms with Gasteiger partial charge in [-0.2, -0.15) is 0 Å². The Kier molecular flexibility index (Phi) is 7.62. The van der Waals surface area contributed by atoms with Crippen LogP contribution in [-0.4, -0.2) is 35.5 Å². The van der Waals surface area contributed by atoms with Crippen LogP contribution in [0.3, 0.4) is 0 Å². The smallest absolute Gasteiger partial charge is 0.296 e. The summed E-state index contributed by atoms with van der Waals surface area (Å²) in [6.45, 7) is 2.72. The molecular weight excluding hydrogens is 576 g/mol. The summed E-state index contributed by atoms with van der Waals surface area (Å²) in [7, 11) is 1.51. The van der Waals surface area contributed by atoms with Crippen molar-refractivity contribution >= 4 is 60.9 Å². The van der Waals surface area contributed by atoms with Crippen LogP contribution >= 0.6 is 22.9 Å². The van der Waals surface area contributed by atoms with Gasteiger partial charge in [-0.3, -0.25) is 14.5 Å². The maximum atomic E-state index is 14.0. The number of hydrogen-bond donors (Lipinski definition) is 1. The van der Waals surface area contributed by atoms with Gasteiger partial charge < -0.3 is 19.0 Å². The number of ether oxygens (including phenoxy) is 2. The summed E-state index contributed by atoms with van der Waals surface area (Å²) in [5.41, 5.74) is 1.54. The average molecular weight is 603 g/mol. The Bertz CT molecular complexity index is 1840. The molecule has 0 fully saturated rings. The molecule has 214 valence electrons. The number of aromatic nitrogens is 1. The molecule has 3 heterocycles. The monoisotopic (exact) mass is 602 g/mol. The lowest BCUT2D eigenvalue weighted by atomic mass is 9.95. The summed E-state index contributed by atoms with van der Waals surface area (Å²) >= 11 is 7.44. The molecule has 0 saturated carbocycles. The highest BCUT2D eigenvalue weighted by atomic mass is 35.5. The number of hydrogen-bond acceptors (Lipinski definition) is 8. The second-order valence-electron chi connectivity index (χ2n) is 9.89. The molecule has 0 radical (unpaired) electrons. The maximum Gasteiger partial charge on any atom is 0.296 e. The molecule has 0 saturated heterocycles. The van der Waals surface area contributed by atoms with E-state index in [-0.39, 0.29) is 11.3 Å². The molecule has 1 unspecified atom stereocenters. The highest BCUT2D eigenvalue weighted by Crippen LogP contribution is 2.45. The number of furan rings is 1. The van der Waals surface area contributed by atoms with Gasteiger partial charge >= 0.3 is 0 Å². The molecule has 1 N–H and O–H groups in total. The summed E-state index contributed by atoms with van der Waals surface area (Å²) < 4.78 is 17.9. The minimum atomic E-state index is -0.967. The lowest BCUT2D eigenvalue weighted by molar-refractivity contribution is -0.117. The first-order chi connectivity index (χ1) is 20.4. The zero-order valence-electron chi connectivity index (χ0n) is 22.9. The van der Waals surface area contributed by atoms with Crippen molar-refractivity contribution in [3.63, 3.8) is 0 Å². The molecule has 1 atom stereocenters. The van der Waals surface area contributed by atoms with Gasteiger partial charge in [-0.1, -0.05) is 67.0 Å². The number of ketones is 1. The third kappa shape index (κ3) is 4.99. The number of halogens is 1. The fraction of sp³-hybridized carbons (Fsp3) is 0.219. The van der Waals surface area contributed by atoms with Crippen LogP contribution in [0.4, 0.5) is 5.13 Å². The van der Waals surface area contributed by atoms with E-state index in [1.54, 1.807) is 66.7 Å². The predicted octanol–water partition coefficient (Wildman–Crippen LogP) is 8.06. The molecule has 2 aromatic heterocycles. The quantitative estimate of drug-likeness (QED) is 0.127. The van der Waals surface area contributed by atoms with Crippen molar-refractivity contribution in [3.8, 4) is 11.5 Å². The highest BCUT2D eigenvalue weighted by Gasteiger charge is 2.46. The molecule has 42 heavy (non-hydrogen) atoms. The Labute approximate surface area is 250 Å². The molecule has 1 aliphatic heterocycles. The van der Waals surface area contributed by atoms with Crippen LogP contribution in [0.15, 0.2) is 82.5 Å². The molecule has 8 nitrogen and oxygen atoms in total. The first kappa shape index (κ1) is 27.8. The molecule has 0 bridgehead atoms. The van der Waals surface area contributed by atoms with Crippen molar-refractivity contribution < 1.29 is 28.6 Å². The van der Waals surface area contributed by atoms with E-state index >= 15 is 0 Å². The molecule has 1 aliphatic rings. The van der Waals surface area contributed by atoms with Gasteiger partial charge in [-0.05, 0) is 54.4 Å². The van der Waals surface area contributed by atoms with Crippen molar-refractivity contribution in [1.29, 1.82) is 0 Å². The lowest BCUT2D eigenvalue weighted by Crippen LogP contribution is -2.30. The summed E-state index contributed by atoms with van der Waals surface area (Å²) in [4.78, 5) is 33.7. The number of carbonyl (C=O) groups excluding carboxylic acids is 2. The standard InChI is InChI=1S/C32H27ClN2O6S/c1-3-4-5-15-40-21-12-9-18(10-13-21)27-26(28(36)24-16-19-7-6-8-23(39-2)30(19)41-24)29(37)31(38)35(27)32-34-22-14-11-20(33)17-25(22)42-32/h6-14,16-17,27,37H,3-5,15H2,1-2H3. The molecule has 5 aromatic rings. The first-order valence-corrected chi connectivity index (χ1v) is 14.8. The number of aliphatic hydroxyl groups excluding tert-OH is 1. The summed E-state index contributed by atoms with van der Waals surface area (Å²) in [6.07, 6.45) is 3.12. The van der Waals surface area contributed by atoms with Crippen LogP contribution in [0.5, 0.6) is 11.5 Å². The summed E-state index contributed by atoms with van der Waals surface area (Å²) in [5, 5.41) is 12.7. The van der Waals surface area contributed by atoms with E-state index in [0.717, 1.165) is 24.0 Å². The van der Waals surface area contributed by atoms with Gasteiger partial charge in [0.2, 0.25) is 5.78 Å². The average Bonchev–Trinajstić information content (AvgIpc) is 3.69. The molecule has 1 amide bonds. The minimum Gasteiger partial charge on any atom is -0.503 e. The van der Waals surface area contributed by atoms with Gasteiger partial charge in [-0.15, -0.1) is 0 Å². The van der Waals surface area contributed by atoms with E-state index in [2.05, 4.69) is 11.9 Å². The number of anilines is 1. The number of thiazole rings is 1. The van der Waals surface area contributed by atoms with Crippen molar-refractivity contribution in [2.24, 2.45) is 0 Å². The number of rotatable bonds is 10. The highest BCUT2D eigenvalue weighted by molar-refractivity contribution is 7.22. The van der Waals surface area contributed by atoms with E-state index < -0.39 is 23.5 Å². The molecule has 10 heteroatoms. The second-order valence-corrected chi connectivity index (χ2v) is 11.3. The summed E-state index contributed by atoms with van der Waals surface area (Å²) in [5.74, 6) is -0.895. The van der Waals surface area contributed by atoms with Crippen LogP contribution in [0.1, 0.15) is 48.3 Å². The second kappa shape index (κ2) is 11.5. The molecular formula is C32H27ClN2O6S. The molecule has 0 spiro atoms. The molecule has 6 rings (SSSR count). The number of methoxy groups -OCH3 is 1. The zero-order chi connectivity index (χ0) is 29.4. The number of Topliss-reactive ketones (excluding diaryl/α,β-unsaturated/α-hetero) is 1. The van der Waals surface area contributed by atoms with Gasteiger partial charge in [0.15, 0.2) is 28.0 Å². The van der Waals surface area contributed by atoms with Crippen molar-refractivity contribution in [3.05, 3.63) is 94.4 Å². The number of fused-ring (bicyclic) bond motifs is 2. The van der Waals surface area contributed by atoms with Crippen LogP contribution in [0.2, 0.25) is 5.02 Å². The van der Waals surface area contributed by atoms with E-state index in [4.69, 9.17) is 25.5 Å². The van der Waals surface area contributed by atoms with Crippen LogP contribution in [0, 0.1) is 0 Å². The van der Waals surface area contributed by atoms with E-state index in [1.807, 2.05) is 0 Å². The largest absolute Gasteiger partial charge is 0.503 e. The third-order valence-electron chi connectivity index (χ3n) is 7.16. The number of aliphatic hydroxyl groups is 1. The van der Waals surface area contributed by atoms with Gasteiger partial charge in [0.05, 0.1) is 35.5 Å². The SMILES string of the molecule is CCCCCOc1ccc(C2C(C(=O)c3cc4cccc(OC)c4o3)=C(O)C(=O)N2c2nc3ccc(Cl)cc3s2)cc1. The van der Waals surface area contributed by atoms with Crippen molar-refractivity contribution in [2.45, 2.75) is 32.2 Å². The van der Waals surface area contributed by atoms with E-state index in [0.29, 0.717) is 50.3 Å². The Balaban J connectivity index is 1.43. The Hall–Kier alpha value is -4.34. The number of nitrogens with zero attached hydrogens (tertiary/aromatic N) is 2. The topological polar surface area (TPSA) is 102 Å². The summed E-state index contributed by atoms with van der Waals surface area (Å²) in [6, 6.07) is 18.3. The van der Waals surface area contributed by atoms with E-state index in [1.165, 1.54) is 23.3 Å². The van der Waals surface area contributed by atoms with E-state index in [9.17, 15) is 14.7 Å². The third-order valence-corrected chi connectivity index (χ3v) is 8.41. The maximum absolute atomic E-state index is 14.0. The fourth-order valence-corrected chi connectivity index (χ4v) is 6.34. The van der Waals surface area contributed by atoms with Crippen molar-refractivity contribution in [1.82, 2.24) is 4.98 Å².